The molecule has 74 heavy (non-hydrogen) atoms. The van der Waals surface area contributed by atoms with Crippen molar-refractivity contribution in [2.45, 2.75) is 120 Å². The molecule has 20 N–H and O–H groups in total. The molecule has 26 nitrogen and oxygen atoms in total. The van der Waals surface area contributed by atoms with E-state index in [1.807, 2.05) is 18.2 Å². The fraction of sp³-hybridized carbons (Fsp3) is 0.479. The maximum atomic E-state index is 14.5. The molecule has 3 aromatic rings. The molecule has 0 spiro atoms. The van der Waals surface area contributed by atoms with E-state index < -0.39 is 95.5 Å². The number of H-pyrrole nitrogens is 1. The first-order chi connectivity index (χ1) is 35.3. The number of carbonyl (C=O) groups is 9. The summed E-state index contributed by atoms with van der Waals surface area (Å²) in [6.07, 6.45) is 0.819. The van der Waals surface area contributed by atoms with Crippen molar-refractivity contribution in [3.63, 3.8) is 0 Å². The van der Waals surface area contributed by atoms with Gasteiger partial charge in [0.25, 0.3) is 0 Å². The number of nitrogens with one attached hydrogen (secondary N) is 9. The van der Waals surface area contributed by atoms with Gasteiger partial charge in [-0.3, -0.25) is 48.3 Å². The average molecular weight is 1030 g/mol. The smallest absolute Gasteiger partial charge is 0.326 e. The monoisotopic (exact) mass is 1030 g/mol. The van der Waals surface area contributed by atoms with Crippen LogP contribution in [0.1, 0.15) is 75.8 Å². The molecule has 4 rings (SSSR count). The molecular formula is C48H70N16O10. The van der Waals surface area contributed by atoms with Crippen LogP contribution >= 0.6 is 0 Å². The van der Waals surface area contributed by atoms with Gasteiger partial charge in [-0.15, -0.1) is 0 Å². The van der Waals surface area contributed by atoms with Crippen molar-refractivity contribution in [2.24, 2.45) is 38.7 Å². The summed E-state index contributed by atoms with van der Waals surface area (Å²) in [5.74, 6) is -8.06. The Morgan fingerprint density at radius 1 is 0.716 bits per heavy atom. The summed E-state index contributed by atoms with van der Waals surface area (Å²) in [5.41, 5.74) is 29.8. The van der Waals surface area contributed by atoms with E-state index in [9.17, 15) is 48.3 Å². The normalized spacial score (nSPS) is 21.2. The van der Waals surface area contributed by atoms with Gasteiger partial charge in [0.15, 0.2) is 11.9 Å². The van der Waals surface area contributed by atoms with Gasteiger partial charge in [-0.05, 0) is 75.1 Å². The fourth-order valence-electron chi connectivity index (χ4n) is 8.07. The molecule has 0 aliphatic carbocycles. The number of aliphatic carboxylic acids is 1. The number of rotatable bonds is 18. The molecule has 1 aliphatic heterocycles. The van der Waals surface area contributed by atoms with Crippen molar-refractivity contribution in [3.8, 4) is 0 Å². The van der Waals surface area contributed by atoms with Gasteiger partial charge in [0, 0.05) is 62.9 Å². The van der Waals surface area contributed by atoms with E-state index in [0.29, 0.717) is 11.1 Å². The molecule has 1 fully saturated rings. The van der Waals surface area contributed by atoms with Crippen molar-refractivity contribution in [1.29, 1.82) is 0 Å². The lowest BCUT2D eigenvalue weighted by Crippen LogP contribution is -2.60. The number of hydrogen-bond donors (Lipinski definition) is 15. The maximum Gasteiger partial charge on any atom is 0.326 e. The molecule has 26 heteroatoms. The molecule has 1 aromatic heterocycles. The molecule has 7 atom stereocenters. The third kappa shape index (κ3) is 19.7. The van der Waals surface area contributed by atoms with E-state index >= 15 is 0 Å². The zero-order valence-corrected chi connectivity index (χ0v) is 41.3. The summed E-state index contributed by atoms with van der Waals surface area (Å²) >= 11 is 0. The van der Waals surface area contributed by atoms with Crippen LogP contribution in [-0.4, -0.2) is 144 Å². The number of nitrogens with two attached hydrogens (primary N) is 5. The summed E-state index contributed by atoms with van der Waals surface area (Å²) < 4.78 is 0. The zero-order chi connectivity index (χ0) is 54.2. The van der Waals surface area contributed by atoms with E-state index in [-0.39, 0.29) is 109 Å². The van der Waals surface area contributed by atoms with Gasteiger partial charge < -0.3 is 81.3 Å². The number of carboxylic acids is 1. The van der Waals surface area contributed by atoms with Crippen molar-refractivity contribution in [1.82, 2.24) is 47.5 Å². The number of amides is 8. The minimum absolute atomic E-state index is 0.0431. The molecule has 0 saturated carbocycles. The Morgan fingerprint density at radius 2 is 1.30 bits per heavy atom. The number of para-hydroxylation sites is 1. The highest BCUT2D eigenvalue weighted by molar-refractivity contribution is 5.98. The Balaban J connectivity index is 1.75. The minimum atomic E-state index is -1.48. The van der Waals surface area contributed by atoms with E-state index in [2.05, 4.69) is 57.5 Å². The second kappa shape index (κ2) is 29.9. The van der Waals surface area contributed by atoms with E-state index in [0.717, 1.165) is 10.9 Å². The Bertz CT molecular complexity index is 2480. The summed E-state index contributed by atoms with van der Waals surface area (Å²) in [6.45, 7) is 1.15. The Labute approximate surface area is 427 Å². The average Bonchev–Trinajstić information content (AvgIpc) is 3.76. The number of fused-ring (bicyclic) bond motifs is 1. The van der Waals surface area contributed by atoms with Gasteiger partial charge in [-0.2, -0.15) is 0 Å². The first-order valence-electron chi connectivity index (χ1n) is 24.3. The summed E-state index contributed by atoms with van der Waals surface area (Å²) in [7, 11) is 0. The topological polar surface area (TPSA) is 441 Å². The summed E-state index contributed by atoms with van der Waals surface area (Å²) in [4.78, 5) is 135. The molecule has 2 heterocycles. The molecule has 1 aliphatic rings. The van der Waals surface area contributed by atoms with Crippen LogP contribution < -0.4 is 71.2 Å². The molecule has 0 radical (unpaired) electrons. The third-order valence-corrected chi connectivity index (χ3v) is 11.9. The molecular weight excluding hydrogens is 961 g/mol. The number of aromatic nitrogens is 1. The summed E-state index contributed by atoms with van der Waals surface area (Å²) in [6, 6.07) is 6.08. The maximum absolute atomic E-state index is 14.5. The molecule has 8 amide bonds. The predicted octanol–water partition coefficient (Wildman–Crippen LogP) is -3.40. The Hall–Kier alpha value is -8.29. The lowest BCUT2D eigenvalue weighted by Gasteiger charge is -2.28. The minimum Gasteiger partial charge on any atom is -0.480 e. The van der Waals surface area contributed by atoms with Gasteiger partial charge in [0.05, 0.1) is 0 Å². The lowest BCUT2D eigenvalue weighted by atomic mass is 10.0. The number of guanidine groups is 2. The number of aromatic amines is 1. The van der Waals surface area contributed by atoms with Crippen LogP contribution in [0.2, 0.25) is 0 Å². The van der Waals surface area contributed by atoms with Crippen molar-refractivity contribution < 1.29 is 48.3 Å². The summed E-state index contributed by atoms with van der Waals surface area (Å²) in [5, 5.41) is 32.0. The quantitative estimate of drug-likeness (QED) is 0.0336. The number of carbonyl (C=O) groups excluding carboxylic acids is 8. The van der Waals surface area contributed by atoms with Crippen LogP contribution in [0, 0.1) is 0 Å². The van der Waals surface area contributed by atoms with Crippen molar-refractivity contribution in [3.05, 3.63) is 71.9 Å². The lowest BCUT2D eigenvalue weighted by molar-refractivity contribution is -0.142. The van der Waals surface area contributed by atoms with E-state index in [4.69, 9.17) is 28.7 Å². The first-order valence-corrected chi connectivity index (χ1v) is 24.3. The third-order valence-electron chi connectivity index (χ3n) is 11.9. The number of aliphatic imine (C=N–C) groups is 2. The van der Waals surface area contributed by atoms with Gasteiger partial charge in [0.2, 0.25) is 47.3 Å². The highest BCUT2D eigenvalue weighted by atomic mass is 16.4. The van der Waals surface area contributed by atoms with E-state index in [1.54, 1.807) is 42.6 Å². The van der Waals surface area contributed by atoms with Crippen molar-refractivity contribution in [2.75, 3.05) is 26.2 Å². The number of nitrogens with zero attached hydrogens (tertiary/aromatic N) is 2. The largest absolute Gasteiger partial charge is 0.480 e. The Kier molecular flexibility index (Phi) is 23.6. The second-order valence-electron chi connectivity index (χ2n) is 17.7. The van der Waals surface area contributed by atoms with Crippen LogP contribution in [-0.2, 0) is 56.0 Å². The van der Waals surface area contributed by atoms with Gasteiger partial charge in [-0.25, -0.2) is 4.79 Å². The fourth-order valence-corrected chi connectivity index (χ4v) is 8.07. The van der Waals surface area contributed by atoms with E-state index in [1.165, 1.54) is 6.92 Å². The zero-order valence-electron chi connectivity index (χ0n) is 41.3. The van der Waals surface area contributed by atoms with Crippen LogP contribution in [0.3, 0.4) is 0 Å². The SMILES string of the molecule is CC(=O)N[C@@H](CCCN=C(N)N)C(=O)N[C@H]1CCC(=O)NCCC[C@@H](C(=O)O)NC(=O)[C@H](Cc2c[nH]c3ccccc23)NC(=O)[C@H](CCCN=C(N)N)NC(=O)[C@@H](Cc2ccccc2)NC(=O)[C@H](CCN)NC1=O. The van der Waals surface area contributed by atoms with Gasteiger partial charge >= 0.3 is 5.97 Å². The molecule has 0 unspecified atom stereocenters. The highest BCUT2D eigenvalue weighted by Crippen LogP contribution is 2.20. The van der Waals surface area contributed by atoms with Crippen LogP contribution in [0.15, 0.2) is 70.8 Å². The molecule has 402 valence electrons. The Morgan fingerprint density at radius 3 is 1.95 bits per heavy atom. The van der Waals surface area contributed by atoms with Gasteiger partial charge in [0.1, 0.15) is 42.3 Å². The molecule has 2 aromatic carbocycles. The molecule has 0 bridgehead atoms. The van der Waals surface area contributed by atoms with Crippen molar-refractivity contribution >= 4 is 76.0 Å². The standard InChI is InChI=1S/C48H70N16O10/c1-27(65)58-32(14-7-22-55-47(50)51)40(67)60-34-17-18-39(66)54-21-9-16-36(46(73)74)62-45(72)38(25-29-26-57-31-13-6-5-12-30(29)31)64-41(68)33(15-8-23-56-48(52)53)59-44(71)37(24-28-10-3-2-4-11-28)63-43(70)35(19-20-49)61-42(34)69/h2-6,10-13,26,32-38,57H,7-9,14-25,49H2,1H3,(H,54,66)(H,58,65)(H,59,71)(H,60,67)(H,61,69)(H,62,72)(H,63,70)(H,64,68)(H,73,74)(H4,50,51,55)(H4,52,53,56)/t32-,33-,34-,35-,36-,37+,38-/m0/s1. The van der Waals surface area contributed by atoms with Crippen LogP contribution in [0.25, 0.3) is 10.9 Å². The highest BCUT2D eigenvalue weighted by Gasteiger charge is 2.35. The van der Waals surface area contributed by atoms with Crippen LogP contribution in [0.4, 0.5) is 0 Å². The number of hydrogen-bond acceptors (Lipinski definition) is 12. The number of carboxylic acid groups (broad SMARTS) is 1. The predicted molar refractivity (Wildman–Crippen MR) is 274 cm³/mol. The van der Waals surface area contributed by atoms with Crippen LogP contribution in [0.5, 0.6) is 0 Å². The number of benzene rings is 2. The first kappa shape index (κ1) is 58.3. The second-order valence-corrected chi connectivity index (χ2v) is 17.7. The molecule has 1 saturated heterocycles. The van der Waals surface area contributed by atoms with Gasteiger partial charge in [-0.1, -0.05) is 48.5 Å².